The smallest absolute Gasteiger partial charge is 0.327 e. The van der Waals surface area contributed by atoms with Crippen LogP contribution in [0.3, 0.4) is 0 Å². The Kier molecular flexibility index (Phi) is 4.95. The Morgan fingerprint density at radius 2 is 1.74 bits per heavy atom. The first-order valence-corrected chi connectivity index (χ1v) is 6.24. The molecule has 0 spiro atoms. The third-order valence-electron chi connectivity index (χ3n) is 3.45. The highest BCUT2D eigenvalue weighted by atomic mass is 16.5. The monoisotopic (exact) mass is 265 g/mol. The minimum Gasteiger partial charge on any atom is -0.496 e. The number of benzene rings is 1. The number of hydrogen-bond acceptors (Lipinski definition) is 4. The molecule has 0 aliphatic carbocycles. The SMILES string of the molecule is COC(=O)C(c1c(C)cc(C)c(C)c1OC)N(C)C. The zero-order chi connectivity index (χ0) is 14.7. The first-order valence-electron chi connectivity index (χ1n) is 6.24. The predicted octanol–water partition coefficient (Wildman–Crippen LogP) is 2.40. The molecule has 4 nitrogen and oxygen atoms in total. The van der Waals surface area contributed by atoms with Gasteiger partial charge < -0.3 is 9.47 Å². The number of nitrogens with zero attached hydrogens (tertiary/aromatic N) is 1. The van der Waals surface area contributed by atoms with Crippen LogP contribution in [-0.2, 0) is 9.53 Å². The van der Waals surface area contributed by atoms with Gasteiger partial charge in [0, 0.05) is 5.56 Å². The molecule has 0 amide bonds. The van der Waals surface area contributed by atoms with Gasteiger partial charge in [-0.3, -0.25) is 4.90 Å². The molecule has 0 heterocycles. The summed E-state index contributed by atoms with van der Waals surface area (Å²) in [4.78, 5) is 13.9. The number of methoxy groups -OCH3 is 2. The fourth-order valence-corrected chi connectivity index (χ4v) is 2.37. The summed E-state index contributed by atoms with van der Waals surface area (Å²) in [7, 11) is 6.75. The van der Waals surface area contributed by atoms with Gasteiger partial charge >= 0.3 is 5.97 Å². The van der Waals surface area contributed by atoms with E-state index >= 15 is 0 Å². The molecule has 0 fully saturated rings. The Labute approximate surface area is 115 Å². The second kappa shape index (κ2) is 6.06. The maximum Gasteiger partial charge on any atom is 0.327 e. The second-order valence-corrected chi connectivity index (χ2v) is 4.97. The lowest BCUT2D eigenvalue weighted by Gasteiger charge is -2.27. The molecule has 0 radical (unpaired) electrons. The maximum absolute atomic E-state index is 12.1. The molecule has 4 heteroatoms. The summed E-state index contributed by atoms with van der Waals surface area (Å²) in [6, 6.07) is 1.62. The molecule has 1 rings (SSSR count). The summed E-state index contributed by atoms with van der Waals surface area (Å²) >= 11 is 0. The van der Waals surface area contributed by atoms with Gasteiger partial charge in [0.15, 0.2) is 0 Å². The lowest BCUT2D eigenvalue weighted by molar-refractivity contribution is -0.146. The average Bonchev–Trinajstić information content (AvgIpc) is 2.35. The van der Waals surface area contributed by atoms with E-state index in [1.165, 1.54) is 7.11 Å². The van der Waals surface area contributed by atoms with E-state index in [0.29, 0.717) is 0 Å². The highest BCUT2D eigenvalue weighted by molar-refractivity contribution is 5.79. The minimum atomic E-state index is -0.459. The van der Waals surface area contributed by atoms with Crippen molar-refractivity contribution in [3.63, 3.8) is 0 Å². The highest BCUT2D eigenvalue weighted by Gasteiger charge is 2.29. The molecular formula is C15H23NO3. The summed E-state index contributed by atoms with van der Waals surface area (Å²) in [6.07, 6.45) is 0. The van der Waals surface area contributed by atoms with Crippen LogP contribution in [0.1, 0.15) is 28.3 Å². The Morgan fingerprint density at radius 1 is 1.16 bits per heavy atom. The van der Waals surface area contributed by atoms with Crippen molar-refractivity contribution in [1.82, 2.24) is 4.90 Å². The Balaban J connectivity index is 3.54. The zero-order valence-electron chi connectivity index (χ0n) is 12.8. The predicted molar refractivity (Wildman–Crippen MR) is 75.6 cm³/mol. The molecule has 1 aromatic rings. The standard InChI is InChI=1S/C15H23NO3/c1-9-8-10(2)12(14(18-6)11(9)3)13(16(4)5)15(17)19-7/h8,13H,1-7H3. The van der Waals surface area contributed by atoms with Gasteiger partial charge in [-0.25, -0.2) is 4.79 Å². The number of aryl methyl sites for hydroxylation is 2. The van der Waals surface area contributed by atoms with Crippen LogP contribution >= 0.6 is 0 Å². The van der Waals surface area contributed by atoms with Crippen LogP contribution in [0, 0.1) is 20.8 Å². The molecule has 0 saturated carbocycles. The number of carbonyl (C=O) groups excluding carboxylic acids is 1. The first-order chi connectivity index (χ1) is 8.84. The Bertz CT molecular complexity index is 481. The number of rotatable bonds is 4. The summed E-state index contributed by atoms with van der Waals surface area (Å²) in [5.74, 6) is 0.483. The summed E-state index contributed by atoms with van der Waals surface area (Å²) in [5, 5.41) is 0. The largest absolute Gasteiger partial charge is 0.496 e. The van der Waals surface area contributed by atoms with Crippen molar-refractivity contribution >= 4 is 5.97 Å². The third kappa shape index (κ3) is 2.89. The van der Waals surface area contributed by atoms with Crippen molar-refractivity contribution in [1.29, 1.82) is 0 Å². The molecule has 1 unspecified atom stereocenters. The number of likely N-dealkylation sites (N-methyl/N-ethyl adjacent to an activating group) is 1. The van der Waals surface area contributed by atoms with Gasteiger partial charge in [0.1, 0.15) is 11.8 Å². The quantitative estimate of drug-likeness (QED) is 0.784. The van der Waals surface area contributed by atoms with Gasteiger partial charge in [-0.2, -0.15) is 0 Å². The van der Waals surface area contributed by atoms with Crippen molar-refractivity contribution in [3.8, 4) is 5.75 Å². The van der Waals surface area contributed by atoms with E-state index in [-0.39, 0.29) is 5.97 Å². The molecule has 1 aromatic carbocycles. The van der Waals surface area contributed by atoms with E-state index in [4.69, 9.17) is 9.47 Å². The van der Waals surface area contributed by atoms with Gasteiger partial charge in [-0.15, -0.1) is 0 Å². The number of esters is 1. The summed E-state index contributed by atoms with van der Waals surface area (Å²) in [6.45, 7) is 6.03. The van der Waals surface area contributed by atoms with E-state index in [2.05, 4.69) is 6.07 Å². The van der Waals surface area contributed by atoms with E-state index in [1.807, 2.05) is 39.8 Å². The molecular weight excluding hydrogens is 242 g/mol. The van der Waals surface area contributed by atoms with Crippen LogP contribution in [0.5, 0.6) is 5.75 Å². The zero-order valence-corrected chi connectivity index (χ0v) is 12.8. The molecule has 0 aliphatic rings. The first kappa shape index (κ1) is 15.5. The fraction of sp³-hybridized carbons (Fsp3) is 0.533. The van der Waals surface area contributed by atoms with Crippen LogP contribution in [-0.4, -0.2) is 39.2 Å². The fourth-order valence-electron chi connectivity index (χ4n) is 2.37. The van der Waals surface area contributed by atoms with E-state index in [0.717, 1.165) is 28.0 Å². The minimum absolute atomic E-state index is 0.283. The number of carbonyl (C=O) groups is 1. The lowest BCUT2D eigenvalue weighted by atomic mass is 9.93. The summed E-state index contributed by atoms with van der Waals surface area (Å²) < 4.78 is 10.4. The van der Waals surface area contributed by atoms with Crippen molar-refractivity contribution in [2.24, 2.45) is 0 Å². The Hall–Kier alpha value is -1.55. The van der Waals surface area contributed by atoms with Crippen molar-refractivity contribution in [2.45, 2.75) is 26.8 Å². The van der Waals surface area contributed by atoms with Crippen molar-refractivity contribution in [2.75, 3.05) is 28.3 Å². The molecule has 1 atom stereocenters. The lowest BCUT2D eigenvalue weighted by Crippen LogP contribution is -2.30. The summed E-state index contributed by atoms with van der Waals surface area (Å²) in [5.41, 5.74) is 4.12. The Morgan fingerprint density at radius 3 is 2.16 bits per heavy atom. The van der Waals surface area contributed by atoms with E-state index in [9.17, 15) is 4.79 Å². The van der Waals surface area contributed by atoms with Gasteiger partial charge in [0.2, 0.25) is 0 Å². The molecule has 0 saturated heterocycles. The molecule has 0 aliphatic heterocycles. The van der Waals surface area contributed by atoms with Crippen LogP contribution in [0.25, 0.3) is 0 Å². The van der Waals surface area contributed by atoms with Gasteiger partial charge in [0.05, 0.1) is 14.2 Å². The second-order valence-electron chi connectivity index (χ2n) is 4.97. The number of ether oxygens (including phenoxy) is 2. The van der Waals surface area contributed by atoms with E-state index < -0.39 is 6.04 Å². The topological polar surface area (TPSA) is 38.8 Å². The third-order valence-corrected chi connectivity index (χ3v) is 3.45. The van der Waals surface area contributed by atoms with Gasteiger partial charge in [-0.1, -0.05) is 6.07 Å². The normalized spacial score (nSPS) is 12.4. The maximum atomic E-state index is 12.1. The molecule has 0 bridgehead atoms. The van der Waals surface area contributed by atoms with Gasteiger partial charge in [0.25, 0.3) is 0 Å². The highest BCUT2D eigenvalue weighted by Crippen LogP contribution is 2.36. The molecule has 0 aromatic heterocycles. The van der Waals surface area contributed by atoms with Crippen molar-refractivity contribution in [3.05, 3.63) is 28.3 Å². The van der Waals surface area contributed by atoms with Crippen LogP contribution < -0.4 is 4.74 Å². The van der Waals surface area contributed by atoms with Gasteiger partial charge in [-0.05, 0) is 51.6 Å². The van der Waals surface area contributed by atoms with Crippen LogP contribution in [0.4, 0.5) is 0 Å². The van der Waals surface area contributed by atoms with E-state index in [1.54, 1.807) is 7.11 Å². The van der Waals surface area contributed by atoms with Crippen LogP contribution in [0.2, 0.25) is 0 Å². The number of hydrogen-bond donors (Lipinski definition) is 0. The molecule has 106 valence electrons. The molecule has 19 heavy (non-hydrogen) atoms. The van der Waals surface area contributed by atoms with Crippen LogP contribution in [0.15, 0.2) is 6.07 Å². The average molecular weight is 265 g/mol. The van der Waals surface area contributed by atoms with Crippen molar-refractivity contribution < 1.29 is 14.3 Å². The molecule has 0 N–H and O–H groups in total.